The molecule has 5 heteroatoms. The third-order valence-corrected chi connectivity index (χ3v) is 3.47. The normalized spacial score (nSPS) is 11.6. The van der Waals surface area contributed by atoms with Gasteiger partial charge in [0.2, 0.25) is 10.0 Å². The highest BCUT2D eigenvalue weighted by atomic mass is 32.2. The molecule has 1 rings (SSSR count). The third kappa shape index (κ3) is 3.30. The minimum absolute atomic E-state index is 0.317. The van der Waals surface area contributed by atoms with E-state index in [2.05, 4.69) is 10.0 Å². The molecule has 2 N–H and O–H groups in total. The van der Waals surface area contributed by atoms with Gasteiger partial charge in [-0.25, -0.2) is 13.1 Å². The number of hydrogen-bond donors (Lipinski definition) is 2. The first kappa shape index (κ1) is 12.2. The van der Waals surface area contributed by atoms with Gasteiger partial charge in [-0.3, -0.25) is 0 Å². The highest BCUT2D eigenvalue weighted by Crippen LogP contribution is 2.10. The Labute approximate surface area is 90.8 Å². The van der Waals surface area contributed by atoms with Crippen molar-refractivity contribution in [3.05, 3.63) is 29.8 Å². The zero-order chi connectivity index (χ0) is 11.3. The van der Waals surface area contributed by atoms with Crippen LogP contribution in [0, 0.1) is 0 Å². The van der Waals surface area contributed by atoms with E-state index in [1.807, 2.05) is 13.1 Å². The first-order valence-corrected chi connectivity index (χ1v) is 6.31. The number of nitrogens with one attached hydrogen (secondary N) is 2. The Morgan fingerprint density at radius 2 is 2.07 bits per heavy atom. The number of benzene rings is 1. The molecule has 1 aromatic carbocycles. The van der Waals surface area contributed by atoms with Crippen molar-refractivity contribution in [1.29, 1.82) is 0 Å². The maximum atomic E-state index is 11.7. The van der Waals surface area contributed by atoms with Crippen molar-refractivity contribution in [3.63, 3.8) is 0 Å². The molecule has 15 heavy (non-hydrogen) atoms. The van der Waals surface area contributed by atoms with Crippen LogP contribution in [0.1, 0.15) is 12.5 Å². The molecule has 0 bridgehead atoms. The number of sulfonamides is 1. The SMILES string of the molecule is CCNS(=O)(=O)c1cccc(CNC)c1. The van der Waals surface area contributed by atoms with Gasteiger partial charge in [0.25, 0.3) is 0 Å². The van der Waals surface area contributed by atoms with Gasteiger partial charge in [-0.2, -0.15) is 0 Å². The Hall–Kier alpha value is -0.910. The standard InChI is InChI=1S/C10H16N2O2S/c1-3-12-15(13,14)10-6-4-5-9(7-10)8-11-2/h4-7,11-12H,3,8H2,1-2H3. The van der Waals surface area contributed by atoms with Gasteiger partial charge in [0.05, 0.1) is 4.90 Å². The van der Waals surface area contributed by atoms with Crippen LogP contribution >= 0.6 is 0 Å². The van der Waals surface area contributed by atoms with Gasteiger partial charge in [-0.1, -0.05) is 19.1 Å². The lowest BCUT2D eigenvalue weighted by molar-refractivity contribution is 0.583. The van der Waals surface area contributed by atoms with Crippen LogP contribution in [0.25, 0.3) is 0 Å². The van der Waals surface area contributed by atoms with Crippen molar-refractivity contribution in [2.24, 2.45) is 0 Å². The molecule has 1 aromatic rings. The fourth-order valence-corrected chi connectivity index (χ4v) is 2.41. The maximum Gasteiger partial charge on any atom is 0.240 e. The average molecular weight is 228 g/mol. The van der Waals surface area contributed by atoms with Gasteiger partial charge in [-0.05, 0) is 24.7 Å². The molecule has 4 nitrogen and oxygen atoms in total. The summed E-state index contributed by atoms with van der Waals surface area (Å²) in [5.41, 5.74) is 0.955. The minimum Gasteiger partial charge on any atom is -0.316 e. The van der Waals surface area contributed by atoms with Crippen molar-refractivity contribution in [1.82, 2.24) is 10.0 Å². The molecule has 0 aromatic heterocycles. The molecular weight excluding hydrogens is 212 g/mol. The van der Waals surface area contributed by atoms with E-state index in [9.17, 15) is 8.42 Å². The summed E-state index contributed by atoms with van der Waals surface area (Å²) in [7, 11) is -1.50. The molecule has 0 spiro atoms. The molecule has 0 atom stereocenters. The van der Waals surface area contributed by atoms with E-state index in [4.69, 9.17) is 0 Å². The van der Waals surface area contributed by atoms with Gasteiger partial charge in [0.15, 0.2) is 0 Å². The second-order valence-corrected chi connectivity index (χ2v) is 4.95. The van der Waals surface area contributed by atoms with Crippen molar-refractivity contribution in [3.8, 4) is 0 Å². The van der Waals surface area contributed by atoms with Gasteiger partial charge < -0.3 is 5.32 Å². The second-order valence-electron chi connectivity index (χ2n) is 3.18. The van der Waals surface area contributed by atoms with Crippen LogP contribution in [0.2, 0.25) is 0 Å². The van der Waals surface area contributed by atoms with Crippen LogP contribution in [0.3, 0.4) is 0 Å². The van der Waals surface area contributed by atoms with Gasteiger partial charge >= 0.3 is 0 Å². The molecule has 0 heterocycles. The molecule has 84 valence electrons. The average Bonchev–Trinajstić information content (AvgIpc) is 2.19. The Morgan fingerprint density at radius 3 is 2.67 bits per heavy atom. The molecule has 0 fully saturated rings. The Balaban J connectivity index is 2.99. The van der Waals surface area contributed by atoms with Crippen molar-refractivity contribution in [2.45, 2.75) is 18.4 Å². The fraction of sp³-hybridized carbons (Fsp3) is 0.400. The van der Waals surface area contributed by atoms with Crippen molar-refractivity contribution in [2.75, 3.05) is 13.6 Å². The molecule has 0 aliphatic heterocycles. The van der Waals surface area contributed by atoms with E-state index >= 15 is 0 Å². The molecule has 0 radical (unpaired) electrons. The van der Waals surface area contributed by atoms with Crippen LogP contribution in [0.4, 0.5) is 0 Å². The van der Waals surface area contributed by atoms with Crippen LogP contribution in [0.5, 0.6) is 0 Å². The number of rotatable bonds is 5. The van der Waals surface area contributed by atoms with E-state index in [1.165, 1.54) is 0 Å². The minimum atomic E-state index is -3.33. The summed E-state index contributed by atoms with van der Waals surface area (Å²) in [6, 6.07) is 6.91. The van der Waals surface area contributed by atoms with Crippen LogP contribution in [-0.2, 0) is 16.6 Å². The number of hydrogen-bond acceptors (Lipinski definition) is 3. The summed E-state index contributed by atoms with van der Waals surface area (Å²) in [5.74, 6) is 0. The smallest absolute Gasteiger partial charge is 0.240 e. The molecule has 0 saturated heterocycles. The van der Waals surface area contributed by atoms with E-state index in [-0.39, 0.29) is 0 Å². The molecule has 0 unspecified atom stereocenters. The molecule has 0 saturated carbocycles. The molecule has 0 aliphatic rings. The Bertz CT molecular complexity index is 415. The Kier molecular flexibility index (Phi) is 4.26. The summed E-state index contributed by atoms with van der Waals surface area (Å²) in [6.07, 6.45) is 0. The largest absolute Gasteiger partial charge is 0.316 e. The highest BCUT2D eigenvalue weighted by Gasteiger charge is 2.12. The van der Waals surface area contributed by atoms with Gasteiger partial charge in [0, 0.05) is 13.1 Å². The monoisotopic (exact) mass is 228 g/mol. The molecule has 0 amide bonds. The first-order chi connectivity index (χ1) is 7.10. The quantitative estimate of drug-likeness (QED) is 0.780. The Morgan fingerprint density at radius 1 is 1.33 bits per heavy atom. The third-order valence-electron chi connectivity index (χ3n) is 1.92. The summed E-state index contributed by atoms with van der Waals surface area (Å²) >= 11 is 0. The molecular formula is C10H16N2O2S. The van der Waals surface area contributed by atoms with Crippen molar-refractivity contribution < 1.29 is 8.42 Å². The molecule has 0 aliphatic carbocycles. The van der Waals surface area contributed by atoms with Gasteiger partial charge in [0.1, 0.15) is 0 Å². The van der Waals surface area contributed by atoms with E-state index in [0.29, 0.717) is 18.0 Å². The predicted molar refractivity (Wildman–Crippen MR) is 60.1 cm³/mol. The predicted octanol–water partition coefficient (Wildman–Crippen LogP) is 0.704. The second kappa shape index (κ2) is 5.25. The lowest BCUT2D eigenvalue weighted by Crippen LogP contribution is -2.23. The van der Waals surface area contributed by atoms with Crippen LogP contribution in [-0.4, -0.2) is 22.0 Å². The lowest BCUT2D eigenvalue weighted by Gasteiger charge is -2.06. The van der Waals surface area contributed by atoms with Crippen molar-refractivity contribution >= 4 is 10.0 Å². The zero-order valence-corrected chi connectivity index (χ0v) is 9.76. The lowest BCUT2D eigenvalue weighted by atomic mass is 10.2. The van der Waals surface area contributed by atoms with Crippen LogP contribution < -0.4 is 10.0 Å². The summed E-state index contributed by atoms with van der Waals surface area (Å²) < 4.78 is 25.8. The van der Waals surface area contributed by atoms with E-state index in [1.54, 1.807) is 25.1 Å². The summed E-state index contributed by atoms with van der Waals surface area (Å²) in [4.78, 5) is 0.317. The zero-order valence-electron chi connectivity index (χ0n) is 8.95. The van der Waals surface area contributed by atoms with Crippen LogP contribution in [0.15, 0.2) is 29.2 Å². The maximum absolute atomic E-state index is 11.7. The summed E-state index contributed by atoms with van der Waals surface area (Å²) in [6.45, 7) is 2.82. The van der Waals surface area contributed by atoms with E-state index < -0.39 is 10.0 Å². The highest BCUT2D eigenvalue weighted by molar-refractivity contribution is 7.89. The van der Waals surface area contributed by atoms with E-state index in [0.717, 1.165) is 5.56 Å². The topological polar surface area (TPSA) is 58.2 Å². The first-order valence-electron chi connectivity index (χ1n) is 4.83. The summed E-state index contributed by atoms with van der Waals surface area (Å²) in [5, 5.41) is 2.98. The fourth-order valence-electron chi connectivity index (χ4n) is 1.30. The van der Waals surface area contributed by atoms with Gasteiger partial charge in [-0.15, -0.1) is 0 Å².